The average molecular weight is 296 g/mol. The molecule has 2 fully saturated rings. The minimum absolute atomic E-state index is 0. The van der Waals surface area contributed by atoms with Crippen molar-refractivity contribution in [3.05, 3.63) is 35.9 Å². The molecule has 2 aliphatic rings. The lowest BCUT2D eigenvalue weighted by Crippen LogP contribution is -3.00. The summed E-state index contributed by atoms with van der Waals surface area (Å²) >= 11 is 0. The van der Waals surface area contributed by atoms with Gasteiger partial charge >= 0.3 is 0 Å². The van der Waals surface area contributed by atoms with Crippen LogP contribution >= 0.6 is 0 Å². The van der Waals surface area contributed by atoms with Gasteiger partial charge in [-0.25, -0.2) is 0 Å². The Morgan fingerprint density at radius 2 is 1.45 bits per heavy atom. The van der Waals surface area contributed by atoms with Crippen molar-refractivity contribution in [3.63, 3.8) is 0 Å². The highest BCUT2D eigenvalue weighted by Crippen LogP contribution is 2.18. The molecule has 2 aliphatic heterocycles. The fraction of sp³-hybridized carbons (Fsp3) is 0.625. The normalized spacial score (nSPS) is 23.4. The summed E-state index contributed by atoms with van der Waals surface area (Å²) in [6.45, 7) is 11.6. The summed E-state index contributed by atoms with van der Waals surface area (Å²) in [5, 5.41) is 0. The lowest BCUT2D eigenvalue weighted by Gasteiger charge is -2.48. The molecule has 20 heavy (non-hydrogen) atoms. The average Bonchev–Trinajstić information content (AvgIpc) is 2.46. The molecule has 0 aliphatic carbocycles. The number of piperazine rings is 2. The van der Waals surface area contributed by atoms with Crippen molar-refractivity contribution in [3.8, 4) is 0 Å². The highest BCUT2D eigenvalue weighted by molar-refractivity contribution is 5.14. The molecule has 2 heterocycles. The molecule has 0 bridgehead atoms. The van der Waals surface area contributed by atoms with Crippen molar-refractivity contribution in [1.29, 1.82) is 0 Å². The molecule has 0 radical (unpaired) electrons. The topological polar surface area (TPSA) is 6.48 Å². The van der Waals surface area contributed by atoms with Crippen LogP contribution in [0.2, 0.25) is 0 Å². The molecule has 1 aromatic rings. The van der Waals surface area contributed by atoms with Gasteiger partial charge in [0, 0.05) is 32.7 Å². The summed E-state index contributed by atoms with van der Waals surface area (Å²) < 4.78 is 1.37. The largest absolute Gasteiger partial charge is 1.00 e. The van der Waals surface area contributed by atoms with Crippen molar-refractivity contribution < 1.29 is 16.9 Å². The van der Waals surface area contributed by atoms with E-state index in [0.717, 1.165) is 6.54 Å². The standard InChI is InChI=1S/C16H26N3.ClH/c1-17-7-11-19(12-8-17)13-9-18(10-14-19)15-16-5-3-2-4-6-16;/h2-6H,7-15H2,1H3;1H/q+1;/p-1. The Kier molecular flexibility index (Phi) is 5.44. The molecule has 1 spiro atoms. The molecule has 112 valence electrons. The van der Waals surface area contributed by atoms with Gasteiger partial charge in [0.25, 0.3) is 0 Å². The summed E-state index contributed by atoms with van der Waals surface area (Å²) in [5.41, 5.74) is 1.45. The Morgan fingerprint density at radius 3 is 2.05 bits per heavy atom. The zero-order chi connectivity index (χ0) is 13.1. The second-order valence-corrected chi connectivity index (χ2v) is 6.30. The molecule has 0 aromatic heterocycles. The van der Waals surface area contributed by atoms with Gasteiger partial charge < -0.3 is 16.9 Å². The van der Waals surface area contributed by atoms with Gasteiger partial charge in [-0.1, -0.05) is 30.3 Å². The number of rotatable bonds is 2. The Balaban J connectivity index is 0.00000147. The number of likely N-dealkylation sites (N-methyl/N-ethyl adjacent to an activating group) is 1. The quantitative estimate of drug-likeness (QED) is 0.598. The second kappa shape index (κ2) is 6.90. The van der Waals surface area contributed by atoms with Crippen molar-refractivity contribution in [1.82, 2.24) is 9.80 Å². The zero-order valence-corrected chi connectivity index (χ0v) is 13.2. The molecule has 3 nitrogen and oxygen atoms in total. The number of hydrogen-bond donors (Lipinski definition) is 0. The van der Waals surface area contributed by atoms with Crippen LogP contribution < -0.4 is 12.4 Å². The van der Waals surface area contributed by atoms with Crippen LogP contribution in [0, 0.1) is 0 Å². The van der Waals surface area contributed by atoms with Gasteiger partial charge in [-0.15, -0.1) is 0 Å². The molecule has 3 rings (SSSR count). The van der Waals surface area contributed by atoms with Crippen LogP contribution in [0.3, 0.4) is 0 Å². The van der Waals surface area contributed by atoms with Crippen LogP contribution in [0.15, 0.2) is 30.3 Å². The molecule has 0 saturated carbocycles. The number of quaternary nitrogens is 1. The maximum atomic E-state index is 2.62. The summed E-state index contributed by atoms with van der Waals surface area (Å²) in [4.78, 5) is 5.09. The molecule has 0 unspecified atom stereocenters. The number of hydrogen-bond acceptors (Lipinski definition) is 2. The van der Waals surface area contributed by atoms with Crippen LogP contribution in [0.4, 0.5) is 0 Å². The van der Waals surface area contributed by atoms with E-state index in [2.05, 4.69) is 47.2 Å². The zero-order valence-electron chi connectivity index (χ0n) is 12.5. The van der Waals surface area contributed by atoms with E-state index in [-0.39, 0.29) is 12.4 Å². The maximum absolute atomic E-state index is 2.62. The van der Waals surface area contributed by atoms with E-state index in [1.807, 2.05) is 0 Å². The Morgan fingerprint density at radius 1 is 0.900 bits per heavy atom. The van der Waals surface area contributed by atoms with E-state index in [0.29, 0.717) is 0 Å². The number of halogens is 1. The van der Waals surface area contributed by atoms with Gasteiger partial charge in [-0.3, -0.25) is 9.80 Å². The van der Waals surface area contributed by atoms with E-state index in [9.17, 15) is 0 Å². The third-order valence-corrected chi connectivity index (χ3v) is 4.94. The van der Waals surface area contributed by atoms with E-state index >= 15 is 0 Å². The molecular weight excluding hydrogens is 270 g/mol. The molecule has 2 saturated heterocycles. The van der Waals surface area contributed by atoms with E-state index < -0.39 is 0 Å². The van der Waals surface area contributed by atoms with Crippen molar-refractivity contribution in [2.75, 3.05) is 59.4 Å². The lowest BCUT2D eigenvalue weighted by atomic mass is 10.1. The van der Waals surface area contributed by atoms with Crippen LogP contribution in [0.1, 0.15) is 5.56 Å². The van der Waals surface area contributed by atoms with E-state index in [1.54, 1.807) is 0 Å². The first-order valence-corrected chi connectivity index (χ1v) is 7.56. The number of nitrogens with zero attached hydrogens (tertiary/aromatic N) is 3. The fourth-order valence-electron chi connectivity index (χ4n) is 3.37. The first-order valence-electron chi connectivity index (χ1n) is 7.56. The van der Waals surface area contributed by atoms with Crippen LogP contribution in [0.5, 0.6) is 0 Å². The van der Waals surface area contributed by atoms with Gasteiger partial charge in [-0.05, 0) is 12.6 Å². The minimum atomic E-state index is 0. The Labute approximate surface area is 129 Å². The summed E-state index contributed by atoms with van der Waals surface area (Å²) in [5.74, 6) is 0. The van der Waals surface area contributed by atoms with Crippen molar-refractivity contribution in [2.24, 2.45) is 0 Å². The monoisotopic (exact) mass is 295 g/mol. The maximum Gasteiger partial charge on any atom is 0.0917 e. The molecule has 0 atom stereocenters. The van der Waals surface area contributed by atoms with E-state index in [1.165, 1.54) is 62.4 Å². The third-order valence-electron chi connectivity index (χ3n) is 4.94. The van der Waals surface area contributed by atoms with Crippen molar-refractivity contribution in [2.45, 2.75) is 6.54 Å². The predicted molar refractivity (Wildman–Crippen MR) is 78.9 cm³/mol. The molecular formula is C16H26ClN3. The minimum Gasteiger partial charge on any atom is -1.00 e. The smallest absolute Gasteiger partial charge is 0.0917 e. The van der Waals surface area contributed by atoms with Crippen molar-refractivity contribution >= 4 is 0 Å². The Hall–Kier alpha value is -0.610. The SMILES string of the molecule is CN1CC[N+]2(CC1)CCN(Cc1ccccc1)CC2.[Cl-]. The highest BCUT2D eigenvalue weighted by Gasteiger charge is 2.35. The molecule has 0 amide bonds. The van der Waals surface area contributed by atoms with Gasteiger partial charge in [0.2, 0.25) is 0 Å². The van der Waals surface area contributed by atoms with Gasteiger partial charge in [0.05, 0.1) is 26.2 Å². The summed E-state index contributed by atoms with van der Waals surface area (Å²) in [7, 11) is 2.25. The Bertz CT molecular complexity index is 391. The summed E-state index contributed by atoms with van der Waals surface area (Å²) in [6, 6.07) is 10.9. The number of benzene rings is 1. The molecule has 1 aromatic carbocycles. The van der Waals surface area contributed by atoms with E-state index in [4.69, 9.17) is 0 Å². The molecule has 0 N–H and O–H groups in total. The second-order valence-electron chi connectivity index (χ2n) is 6.30. The summed E-state index contributed by atoms with van der Waals surface area (Å²) in [6.07, 6.45) is 0. The molecule has 4 heteroatoms. The van der Waals surface area contributed by atoms with Crippen LogP contribution in [-0.4, -0.2) is 73.7 Å². The predicted octanol–water partition coefficient (Wildman–Crippen LogP) is -1.73. The fourth-order valence-corrected chi connectivity index (χ4v) is 3.37. The van der Waals surface area contributed by atoms with Gasteiger partial charge in [0.1, 0.15) is 0 Å². The first kappa shape index (κ1) is 15.8. The third kappa shape index (κ3) is 3.73. The van der Waals surface area contributed by atoms with Crippen LogP contribution in [-0.2, 0) is 6.54 Å². The first-order chi connectivity index (χ1) is 9.26. The van der Waals surface area contributed by atoms with Crippen LogP contribution in [0.25, 0.3) is 0 Å². The lowest BCUT2D eigenvalue weighted by molar-refractivity contribution is -0.935. The van der Waals surface area contributed by atoms with Gasteiger partial charge in [0.15, 0.2) is 0 Å². The highest BCUT2D eigenvalue weighted by atomic mass is 35.5. The van der Waals surface area contributed by atoms with Gasteiger partial charge in [-0.2, -0.15) is 0 Å².